The van der Waals surface area contributed by atoms with E-state index in [2.05, 4.69) is 5.16 Å². The van der Waals surface area contributed by atoms with Crippen LogP contribution in [0.5, 0.6) is 5.75 Å². The van der Waals surface area contributed by atoms with Gasteiger partial charge in [-0.3, -0.25) is 4.79 Å². The zero-order valence-electron chi connectivity index (χ0n) is 11.4. The number of oxime groups is 1. The molecule has 0 amide bonds. The smallest absolute Gasteiger partial charge is 0.356 e. The highest BCUT2D eigenvalue weighted by Gasteiger charge is 2.27. The Morgan fingerprint density at radius 3 is 3.10 bits per heavy atom. The largest absolute Gasteiger partial charge is 0.489 e. The van der Waals surface area contributed by atoms with Crippen molar-refractivity contribution in [2.45, 2.75) is 19.4 Å². The highest BCUT2D eigenvalue weighted by atomic mass is 35.5. The first-order valence-corrected chi connectivity index (χ1v) is 6.79. The van der Waals surface area contributed by atoms with Crippen molar-refractivity contribution >= 4 is 29.6 Å². The summed E-state index contributed by atoms with van der Waals surface area (Å²) in [6, 6.07) is 4.74. The highest BCUT2D eigenvalue weighted by Crippen LogP contribution is 2.22. The summed E-state index contributed by atoms with van der Waals surface area (Å²) in [6.07, 6.45) is 0.583. The molecule has 0 spiro atoms. The molecule has 1 heterocycles. The summed E-state index contributed by atoms with van der Waals surface area (Å²) in [5, 5.41) is 4.13. The van der Waals surface area contributed by atoms with Crippen LogP contribution in [0.1, 0.15) is 23.7 Å². The number of halogens is 1. The van der Waals surface area contributed by atoms with E-state index >= 15 is 0 Å². The van der Waals surface area contributed by atoms with Crippen LogP contribution in [0.15, 0.2) is 23.4 Å². The zero-order valence-corrected chi connectivity index (χ0v) is 12.1. The molecule has 0 radical (unpaired) electrons. The molecule has 21 heavy (non-hydrogen) atoms. The Hall–Kier alpha value is -2.08. The molecule has 1 aliphatic heterocycles. The van der Waals surface area contributed by atoms with E-state index in [-0.39, 0.29) is 25.0 Å². The van der Waals surface area contributed by atoms with Crippen molar-refractivity contribution in [3.05, 3.63) is 28.8 Å². The molecule has 0 fully saturated rings. The van der Waals surface area contributed by atoms with E-state index in [4.69, 9.17) is 25.9 Å². The van der Waals surface area contributed by atoms with Gasteiger partial charge in [0, 0.05) is 11.4 Å². The molecule has 0 unspecified atom stereocenters. The average molecular weight is 312 g/mol. The lowest BCUT2D eigenvalue weighted by atomic mass is 10.2. The summed E-state index contributed by atoms with van der Waals surface area (Å²) in [6.45, 7) is 2.16. The van der Waals surface area contributed by atoms with Crippen molar-refractivity contribution in [1.82, 2.24) is 0 Å². The lowest BCUT2D eigenvalue weighted by molar-refractivity contribution is -0.135. The number of nitrogens with zero attached hydrogens (tertiary/aromatic N) is 1. The van der Waals surface area contributed by atoms with Crippen molar-refractivity contribution in [2.75, 3.05) is 13.2 Å². The minimum absolute atomic E-state index is 0.162. The second-order valence-electron chi connectivity index (χ2n) is 4.30. The predicted octanol–water partition coefficient (Wildman–Crippen LogP) is 2.24. The van der Waals surface area contributed by atoms with Crippen molar-refractivity contribution in [3.63, 3.8) is 0 Å². The summed E-state index contributed by atoms with van der Waals surface area (Å²) >= 11 is 5.80. The minimum atomic E-state index is -0.486. The molecule has 6 nitrogen and oxygen atoms in total. The summed E-state index contributed by atoms with van der Waals surface area (Å²) in [4.78, 5) is 27.5. The van der Waals surface area contributed by atoms with E-state index in [9.17, 15) is 9.59 Å². The SMILES string of the molecule is CCOC(=O)C1=NO[C@@H](COc2ccc(Cl)cc2C=O)C1. The number of esters is 1. The Labute approximate surface area is 126 Å². The van der Waals surface area contributed by atoms with Gasteiger partial charge in [-0.1, -0.05) is 16.8 Å². The molecule has 0 N–H and O–H groups in total. The maximum atomic E-state index is 11.5. The standard InChI is InChI=1S/C14H14ClNO5/c1-2-19-14(18)12-6-11(21-16-12)8-20-13-4-3-10(15)5-9(13)7-17/h3-5,7,11H,2,6,8H2,1H3/t11-/m1/s1. The number of rotatable bonds is 6. The minimum Gasteiger partial charge on any atom is -0.489 e. The van der Waals surface area contributed by atoms with Gasteiger partial charge in [-0.2, -0.15) is 0 Å². The molecular formula is C14H14ClNO5. The van der Waals surface area contributed by atoms with Crippen LogP contribution in [0.25, 0.3) is 0 Å². The molecule has 1 atom stereocenters. The number of hydrogen-bond acceptors (Lipinski definition) is 6. The van der Waals surface area contributed by atoms with Gasteiger partial charge < -0.3 is 14.3 Å². The Balaban J connectivity index is 1.88. The summed E-state index contributed by atoms with van der Waals surface area (Å²) in [7, 11) is 0. The third-order valence-corrected chi connectivity index (χ3v) is 3.00. The van der Waals surface area contributed by atoms with Gasteiger partial charge in [-0.05, 0) is 25.1 Å². The van der Waals surface area contributed by atoms with Crippen molar-refractivity contribution < 1.29 is 23.9 Å². The molecule has 0 saturated carbocycles. The second kappa shape index (κ2) is 7.08. The van der Waals surface area contributed by atoms with Gasteiger partial charge >= 0.3 is 5.97 Å². The second-order valence-corrected chi connectivity index (χ2v) is 4.74. The number of benzene rings is 1. The first-order chi connectivity index (χ1) is 10.1. The van der Waals surface area contributed by atoms with Crippen LogP contribution in [0.3, 0.4) is 0 Å². The highest BCUT2D eigenvalue weighted by molar-refractivity contribution is 6.36. The van der Waals surface area contributed by atoms with Crippen LogP contribution in [0.2, 0.25) is 5.02 Å². The third-order valence-electron chi connectivity index (χ3n) is 2.77. The molecule has 1 aromatic rings. The number of aldehydes is 1. The molecule has 7 heteroatoms. The Kier molecular flexibility index (Phi) is 5.16. The number of ether oxygens (including phenoxy) is 2. The van der Waals surface area contributed by atoms with Crippen molar-refractivity contribution in [2.24, 2.45) is 5.16 Å². The van der Waals surface area contributed by atoms with Crippen LogP contribution in [0, 0.1) is 0 Å². The van der Waals surface area contributed by atoms with Crippen LogP contribution >= 0.6 is 11.6 Å². The van der Waals surface area contributed by atoms with E-state index in [1.54, 1.807) is 19.1 Å². The normalized spacial score (nSPS) is 16.9. The lowest BCUT2D eigenvalue weighted by Gasteiger charge is -2.12. The molecule has 0 bridgehead atoms. The molecule has 0 saturated heterocycles. The summed E-state index contributed by atoms with van der Waals surface area (Å²) in [5.74, 6) is -0.0809. The van der Waals surface area contributed by atoms with Crippen molar-refractivity contribution in [3.8, 4) is 5.75 Å². The van der Waals surface area contributed by atoms with Gasteiger partial charge in [0.2, 0.25) is 0 Å². The van der Waals surface area contributed by atoms with Crippen LogP contribution < -0.4 is 4.74 Å². The Bertz CT molecular complexity index is 572. The lowest BCUT2D eigenvalue weighted by Crippen LogP contribution is -2.22. The quantitative estimate of drug-likeness (QED) is 0.595. The number of carbonyl (C=O) groups excluding carboxylic acids is 2. The Morgan fingerprint density at radius 2 is 2.38 bits per heavy atom. The first-order valence-electron chi connectivity index (χ1n) is 6.41. The summed E-state index contributed by atoms with van der Waals surface area (Å²) < 4.78 is 10.3. The van der Waals surface area contributed by atoms with Gasteiger partial charge in [0.05, 0.1) is 12.2 Å². The average Bonchev–Trinajstić information content (AvgIpc) is 2.95. The molecule has 112 valence electrons. The zero-order chi connectivity index (χ0) is 15.2. The van der Waals surface area contributed by atoms with Gasteiger partial charge in [-0.25, -0.2) is 4.79 Å². The molecule has 2 rings (SSSR count). The Morgan fingerprint density at radius 1 is 1.57 bits per heavy atom. The van der Waals surface area contributed by atoms with Gasteiger partial charge in [0.25, 0.3) is 0 Å². The van der Waals surface area contributed by atoms with Crippen LogP contribution in [-0.2, 0) is 14.4 Å². The van der Waals surface area contributed by atoms with E-state index in [1.807, 2.05) is 0 Å². The number of carbonyl (C=O) groups is 2. The van der Waals surface area contributed by atoms with E-state index in [0.717, 1.165) is 0 Å². The van der Waals surface area contributed by atoms with Crippen LogP contribution in [0.4, 0.5) is 0 Å². The first kappa shape index (κ1) is 15.3. The fraction of sp³-hybridized carbons (Fsp3) is 0.357. The fourth-order valence-electron chi connectivity index (χ4n) is 1.78. The predicted molar refractivity (Wildman–Crippen MR) is 75.9 cm³/mol. The molecule has 0 aromatic heterocycles. The van der Waals surface area contributed by atoms with Gasteiger partial charge in [0.1, 0.15) is 12.4 Å². The summed E-state index contributed by atoms with van der Waals surface area (Å²) in [5.41, 5.74) is 0.587. The third kappa shape index (κ3) is 3.95. The molecular weight excluding hydrogens is 298 g/mol. The fourth-order valence-corrected chi connectivity index (χ4v) is 1.96. The monoisotopic (exact) mass is 311 g/mol. The number of hydrogen-bond donors (Lipinski definition) is 0. The maximum absolute atomic E-state index is 11.5. The molecule has 0 aliphatic carbocycles. The van der Waals surface area contributed by atoms with E-state index in [1.165, 1.54) is 6.07 Å². The maximum Gasteiger partial charge on any atom is 0.356 e. The van der Waals surface area contributed by atoms with E-state index < -0.39 is 5.97 Å². The van der Waals surface area contributed by atoms with Crippen LogP contribution in [-0.4, -0.2) is 37.3 Å². The molecule has 1 aromatic carbocycles. The van der Waals surface area contributed by atoms with E-state index in [0.29, 0.717) is 29.0 Å². The topological polar surface area (TPSA) is 74.2 Å². The van der Waals surface area contributed by atoms with Gasteiger partial charge in [-0.15, -0.1) is 0 Å². The molecule has 1 aliphatic rings. The van der Waals surface area contributed by atoms with Gasteiger partial charge in [0.15, 0.2) is 18.1 Å². The van der Waals surface area contributed by atoms with Crippen molar-refractivity contribution in [1.29, 1.82) is 0 Å².